The van der Waals surface area contributed by atoms with Crippen LogP contribution < -0.4 is 5.32 Å². The summed E-state index contributed by atoms with van der Waals surface area (Å²) in [4.78, 5) is 2.63. The van der Waals surface area contributed by atoms with Crippen LogP contribution in [0.5, 0.6) is 0 Å². The number of thiophene rings is 1. The Morgan fingerprint density at radius 1 is 1.22 bits per heavy atom. The van der Waals surface area contributed by atoms with E-state index in [1.165, 1.54) is 27.5 Å². The Labute approximate surface area is 112 Å². The van der Waals surface area contributed by atoms with E-state index in [9.17, 15) is 4.39 Å². The van der Waals surface area contributed by atoms with Crippen LogP contribution in [0.1, 0.15) is 33.8 Å². The van der Waals surface area contributed by atoms with Crippen LogP contribution in [-0.2, 0) is 0 Å². The Kier molecular flexibility index (Phi) is 4.15. The highest BCUT2D eigenvalue weighted by Gasteiger charge is 2.17. The number of aryl methyl sites for hydroxylation is 2. The molecule has 0 fully saturated rings. The van der Waals surface area contributed by atoms with Gasteiger partial charge in [0.05, 0.1) is 6.04 Å². The predicted molar refractivity (Wildman–Crippen MR) is 75.7 cm³/mol. The summed E-state index contributed by atoms with van der Waals surface area (Å²) in [5.41, 5.74) is 2.41. The van der Waals surface area contributed by atoms with Crippen molar-refractivity contribution in [2.75, 3.05) is 6.54 Å². The summed E-state index contributed by atoms with van der Waals surface area (Å²) in [7, 11) is 0. The highest BCUT2D eigenvalue weighted by atomic mass is 32.1. The molecule has 0 aliphatic carbocycles. The van der Waals surface area contributed by atoms with Crippen LogP contribution in [0.2, 0.25) is 0 Å². The number of benzene rings is 1. The number of hydrogen-bond acceptors (Lipinski definition) is 2. The van der Waals surface area contributed by atoms with E-state index in [1.807, 2.05) is 12.1 Å². The normalized spacial score (nSPS) is 12.7. The molecule has 0 bridgehead atoms. The van der Waals surface area contributed by atoms with Crippen molar-refractivity contribution < 1.29 is 4.39 Å². The molecule has 1 aromatic heterocycles. The molecule has 0 aliphatic heterocycles. The molecule has 0 aliphatic rings. The molecule has 0 saturated carbocycles. The molecule has 18 heavy (non-hydrogen) atoms. The minimum absolute atomic E-state index is 0.161. The van der Waals surface area contributed by atoms with Gasteiger partial charge in [-0.1, -0.05) is 19.1 Å². The molecule has 1 unspecified atom stereocenters. The van der Waals surface area contributed by atoms with E-state index >= 15 is 0 Å². The number of nitrogens with one attached hydrogen (secondary N) is 1. The average molecular weight is 263 g/mol. The van der Waals surface area contributed by atoms with E-state index in [2.05, 4.69) is 32.2 Å². The molecular weight excluding hydrogens is 245 g/mol. The zero-order valence-corrected chi connectivity index (χ0v) is 11.8. The molecule has 3 heteroatoms. The molecule has 0 radical (unpaired) electrons. The maximum absolute atomic E-state index is 13.0. The Bertz CT molecular complexity index is 516. The van der Waals surface area contributed by atoms with Crippen molar-refractivity contribution in [2.24, 2.45) is 0 Å². The molecule has 1 nitrogen and oxygen atoms in total. The molecule has 2 aromatic rings. The van der Waals surface area contributed by atoms with Crippen LogP contribution in [-0.4, -0.2) is 6.54 Å². The monoisotopic (exact) mass is 263 g/mol. The lowest BCUT2D eigenvalue weighted by Crippen LogP contribution is -2.21. The topological polar surface area (TPSA) is 12.0 Å². The number of hydrogen-bond donors (Lipinski definition) is 1. The SMILES string of the molecule is CCNC(c1ccc(F)cc1)c1sc(C)cc1C. The van der Waals surface area contributed by atoms with Crippen molar-refractivity contribution in [3.05, 3.63) is 57.0 Å². The van der Waals surface area contributed by atoms with Gasteiger partial charge in [-0.15, -0.1) is 11.3 Å². The summed E-state index contributed by atoms with van der Waals surface area (Å²) >= 11 is 1.81. The van der Waals surface area contributed by atoms with Gasteiger partial charge in [0.15, 0.2) is 0 Å². The van der Waals surface area contributed by atoms with Crippen molar-refractivity contribution in [3.8, 4) is 0 Å². The number of rotatable bonds is 4. The first-order valence-electron chi connectivity index (χ1n) is 6.17. The van der Waals surface area contributed by atoms with Gasteiger partial charge in [0.2, 0.25) is 0 Å². The van der Waals surface area contributed by atoms with Crippen LogP contribution in [0.3, 0.4) is 0 Å². The standard InChI is InChI=1S/C15H18FNS/c1-4-17-14(12-5-7-13(16)8-6-12)15-10(2)9-11(3)18-15/h5-9,14,17H,4H2,1-3H3. The van der Waals surface area contributed by atoms with Gasteiger partial charge in [0.1, 0.15) is 5.82 Å². The minimum Gasteiger partial charge on any atom is -0.306 e. The summed E-state index contributed by atoms with van der Waals surface area (Å²) in [6.45, 7) is 7.23. The van der Waals surface area contributed by atoms with Gasteiger partial charge in [-0.05, 0) is 49.7 Å². The second-order valence-electron chi connectivity index (χ2n) is 4.45. The summed E-state index contributed by atoms with van der Waals surface area (Å²) in [6, 6.07) is 9.13. The van der Waals surface area contributed by atoms with Crippen LogP contribution >= 0.6 is 11.3 Å². The molecular formula is C15H18FNS. The van der Waals surface area contributed by atoms with Gasteiger partial charge < -0.3 is 5.32 Å². The van der Waals surface area contributed by atoms with Crippen molar-refractivity contribution in [1.29, 1.82) is 0 Å². The first kappa shape index (κ1) is 13.2. The van der Waals surface area contributed by atoms with Gasteiger partial charge >= 0.3 is 0 Å². The van der Waals surface area contributed by atoms with Gasteiger partial charge in [-0.2, -0.15) is 0 Å². The maximum atomic E-state index is 13.0. The van der Waals surface area contributed by atoms with E-state index in [-0.39, 0.29) is 11.9 Å². The van der Waals surface area contributed by atoms with Crippen LogP contribution in [0.25, 0.3) is 0 Å². The summed E-state index contributed by atoms with van der Waals surface area (Å²) in [5.74, 6) is -0.187. The molecule has 1 atom stereocenters. The van der Waals surface area contributed by atoms with E-state index in [4.69, 9.17) is 0 Å². The van der Waals surface area contributed by atoms with E-state index in [0.717, 1.165) is 12.1 Å². The number of halogens is 1. The lowest BCUT2D eigenvalue weighted by molar-refractivity contribution is 0.616. The quantitative estimate of drug-likeness (QED) is 0.871. The third-order valence-electron chi connectivity index (χ3n) is 2.95. The van der Waals surface area contributed by atoms with Crippen molar-refractivity contribution in [3.63, 3.8) is 0 Å². The molecule has 0 spiro atoms. The largest absolute Gasteiger partial charge is 0.306 e. The van der Waals surface area contributed by atoms with Crippen LogP contribution in [0.15, 0.2) is 30.3 Å². The lowest BCUT2D eigenvalue weighted by Gasteiger charge is -2.18. The third-order valence-corrected chi connectivity index (χ3v) is 4.17. The van der Waals surface area contributed by atoms with Gasteiger partial charge in [-0.25, -0.2) is 4.39 Å². The van der Waals surface area contributed by atoms with E-state index < -0.39 is 0 Å². The molecule has 1 N–H and O–H groups in total. The Morgan fingerprint density at radius 2 is 1.89 bits per heavy atom. The first-order valence-corrected chi connectivity index (χ1v) is 6.99. The molecule has 1 heterocycles. The zero-order chi connectivity index (χ0) is 13.1. The van der Waals surface area contributed by atoms with Gasteiger partial charge in [-0.3, -0.25) is 0 Å². The second kappa shape index (κ2) is 5.63. The average Bonchev–Trinajstić information content (AvgIpc) is 2.67. The fourth-order valence-corrected chi connectivity index (χ4v) is 3.31. The second-order valence-corrected chi connectivity index (χ2v) is 5.73. The highest BCUT2D eigenvalue weighted by molar-refractivity contribution is 7.12. The van der Waals surface area contributed by atoms with Crippen LogP contribution in [0, 0.1) is 19.7 Å². The Balaban J connectivity index is 2.39. The van der Waals surface area contributed by atoms with E-state index in [1.54, 1.807) is 11.3 Å². The van der Waals surface area contributed by atoms with Crippen LogP contribution in [0.4, 0.5) is 4.39 Å². The van der Waals surface area contributed by atoms with Gasteiger partial charge in [0, 0.05) is 9.75 Å². The van der Waals surface area contributed by atoms with E-state index in [0.29, 0.717) is 0 Å². The first-order chi connectivity index (χ1) is 8.61. The summed E-state index contributed by atoms with van der Waals surface area (Å²) < 4.78 is 13.0. The highest BCUT2D eigenvalue weighted by Crippen LogP contribution is 2.31. The third kappa shape index (κ3) is 2.79. The Hall–Kier alpha value is -1.19. The van der Waals surface area contributed by atoms with Crippen molar-refractivity contribution >= 4 is 11.3 Å². The molecule has 2 rings (SSSR count). The Morgan fingerprint density at radius 3 is 2.39 bits per heavy atom. The lowest BCUT2D eigenvalue weighted by atomic mass is 10.0. The zero-order valence-electron chi connectivity index (χ0n) is 11.0. The maximum Gasteiger partial charge on any atom is 0.123 e. The molecule has 96 valence electrons. The molecule has 0 amide bonds. The van der Waals surface area contributed by atoms with Gasteiger partial charge in [0.25, 0.3) is 0 Å². The fourth-order valence-electron chi connectivity index (χ4n) is 2.17. The fraction of sp³-hybridized carbons (Fsp3) is 0.333. The smallest absolute Gasteiger partial charge is 0.123 e. The summed E-state index contributed by atoms with van der Waals surface area (Å²) in [6.07, 6.45) is 0. The van der Waals surface area contributed by atoms with Crippen molar-refractivity contribution in [1.82, 2.24) is 5.32 Å². The van der Waals surface area contributed by atoms with Crippen molar-refractivity contribution in [2.45, 2.75) is 26.8 Å². The molecule has 0 saturated heterocycles. The minimum atomic E-state index is -0.187. The predicted octanol–water partition coefficient (Wildman–Crippen LogP) is 4.20. The molecule has 1 aromatic carbocycles. The summed E-state index contributed by atoms with van der Waals surface area (Å²) in [5, 5.41) is 3.48.